The fourth-order valence-corrected chi connectivity index (χ4v) is 5.36. The van der Waals surface area contributed by atoms with Gasteiger partial charge in [-0.3, -0.25) is 0 Å². The second-order valence-electron chi connectivity index (χ2n) is 7.29. The van der Waals surface area contributed by atoms with Crippen molar-refractivity contribution in [3.8, 4) is 11.5 Å². The van der Waals surface area contributed by atoms with E-state index in [1.807, 2.05) is 48.5 Å². The molecule has 0 fully saturated rings. The number of allylic oxidation sites excluding steroid dienone is 2. The summed E-state index contributed by atoms with van der Waals surface area (Å²) in [6.07, 6.45) is 4.35. The van der Waals surface area contributed by atoms with Crippen molar-refractivity contribution in [2.45, 2.75) is 9.79 Å². The molecule has 0 amide bonds. The van der Waals surface area contributed by atoms with Crippen LogP contribution >= 0.6 is 23.5 Å². The van der Waals surface area contributed by atoms with Crippen molar-refractivity contribution < 1.29 is 9.47 Å². The van der Waals surface area contributed by atoms with E-state index in [-0.39, 0.29) is 0 Å². The lowest BCUT2D eigenvalue weighted by molar-refractivity contribution is 0.413. The van der Waals surface area contributed by atoms with Crippen molar-refractivity contribution in [2.75, 3.05) is 14.2 Å². The van der Waals surface area contributed by atoms with E-state index in [2.05, 4.69) is 72.8 Å². The highest BCUT2D eigenvalue weighted by molar-refractivity contribution is 8.08. The van der Waals surface area contributed by atoms with E-state index in [0.29, 0.717) is 0 Å². The number of ether oxygens (including phenoxy) is 2. The Balaban J connectivity index is 1.82. The highest BCUT2D eigenvalue weighted by Gasteiger charge is 2.12. The third-order valence-corrected chi connectivity index (χ3v) is 7.24. The number of benzene rings is 4. The molecule has 0 atom stereocenters. The Hall–Kier alpha value is -3.34. The SMILES string of the molecule is COc1ccccc1/C(=C/C=C(\Sc1ccccc1)c1ccccc1OC)Sc1ccccc1. The zero-order valence-electron chi connectivity index (χ0n) is 19.2. The van der Waals surface area contributed by atoms with Crippen molar-refractivity contribution in [3.63, 3.8) is 0 Å². The van der Waals surface area contributed by atoms with E-state index in [9.17, 15) is 0 Å². The average Bonchev–Trinajstić information content (AvgIpc) is 2.91. The van der Waals surface area contributed by atoms with Crippen LogP contribution < -0.4 is 9.47 Å². The molecule has 4 aromatic rings. The van der Waals surface area contributed by atoms with Gasteiger partial charge < -0.3 is 9.47 Å². The molecule has 0 aromatic heterocycles. The van der Waals surface area contributed by atoms with Crippen LogP contribution in [0.1, 0.15) is 11.1 Å². The Morgan fingerprint density at radius 3 is 1.24 bits per heavy atom. The summed E-state index contributed by atoms with van der Waals surface area (Å²) in [5.74, 6) is 1.69. The normalized spacial score (nSPS) is 11.8. The first-order valence-corrected chi connectivity index (χ1v) is 12.6. The highest BCUT2D eigenvalue weighted by atomic mass is 32.2. The molecular weight excluding hydrogens is 456 g/mol. The molecule has 0 saturated heterocycles. The minimum atomic E-state index is 0.847. The molecule has 0 spiro atoms. The van der Waals surface area contributed by atoms with Crippen LogP contribution in [0.25, 0.3) is 9.81 Å². The van der Waals surface area contributed by atoms with Crippen LogP contribution in [0, 0.1) is 0 Å². The molecule has 0 bridgehead atoms. The molecule has 0 unspecified atom stereocenters. The van der Waals surface area contributed by atoms with Crippen molar-refractivity contribution in [3.05, 3.63) is 132 Å². The molecule has 4 rings (SSSR count). The van der Waals surface area contributed by atoms with Gasteiger partial charge in [-0.05, 0) is 48.6 Å². The summed E-state index contributed by atoms with van der Waals surface area (Å²) in [4.78, 5) is 4.54. The third kappa shape index (κ3) is 6.16. The van der Waals surface area contributed by atoms with Crippen LogP contribution in [-0.2, 0) is 0 Å². The molecule has 2 nitrogen and oxygen atoms in total. The lowest BCUT2D eigenvalue weighted by atomic mass is 10.1. The minimum Gasteiger partial charge on any atom is -0.496 e. The molecule has 4 aromatic carbocycles. The van der Waals surface area contributed by atoms with Gasteiger partial charge in [0.05, 0.1) is 14.2 Å². The zero-order chi connectivity index (χ0) is 23.6. The third-order valence-electron chi connectivity index (χ3n) is 5.07. The van der Waals surface area contributed by atoms with Crippen LogP contribution in [0.4, 0.5) is 0 Å². The van der Waals surface area contributed by atoms with Crippen LogP contribution in [0.5, 0.6) is 11.5 Å². The van der Waals surface area contributed by atoms with Gasteiger partial charge >= 0.3 is 0 Å². The Morgan fingerprint density at radius 2 is 0.853 bits per heavy atom. The standard InChI is InChI=1S/C30H26O2S2/c1-31-27-19-11-9-17-25(27)29(33-23-13-5-3-6-14-23)21-22-30(34-24-15-7-4-8-16-24)26-18-10-12-20-28(26)32-2/h3-22H,1-2H3/b29-21-,30-22-. The predicted octanol–water partition coefficient (Wildman–Crippen LogP) is 8.67. The second kappa shape index (κ2) is 12.2. The first-order valence-electron chi connectivity index (χ1n) is 10.9. The molecule has 34 heavy (non-hydrogen) atoms. The van der Waals surface area contributed by atoms with Gasteiger partial charge in [0.25, 0.3) is 0 Å². The van der Waals surface area contributed by atoms with Crippen molar-refractivity contribution in [1.29, 1.82) is 0 Å². The molecule has 0 saturated carbocycles. The van der Waals surface area contributed by atoms with E-state index in [0.717, 1.165) is 32.4 Å². The number of thioether (sulfide) groups is 2. The van der Waals surface area contributed by atoms with Gasteiger partial charge in [0, 0.05) is 30.7 Å². The maximum absolute atomic E-state index is 5.69. The molecule has 170 valence electrons. The Bertz CT molecular complexity index is 1160. The predicted molar refractivity (Wildman–Crippen MR) is 147 cm³/mol. The van der Waals surface area contributed by atoms with Gasteiger partial charge in [0.1, 0.15) is 11.5 Å². The van der Waals surface area contributed by atoms with Gasteiger partial charge in [-0.25, -0.2) is 0 Å². The second-order valence-corrected chi connectivity index (χ2v) is 9.52. The summed E-state index contributed by atoms with van der Waals surface area (Å²) < 4.78 is 11.4. The number of hydrogen-bond donors (Lipinski definition) is 0. The summed E-state index contributed by atoms with van der Waals surface area (Å²) in [5.41, 5.74) is 2.11. The molecule has 0 aliphatic heterocycles. The van der Waals surface area contributed by atoms with E-state index < -0.39 is 0 Å². The van der Waals surface area contributed by atoms with Crippen molar-refractivity contribution in [2.24, 2.45) is 0 Å². The largest absolute Gasteiger partial charge is 0.496 e. The van der Waals surface area contributed by atoms with E-state index >= 15 is 0 Å². The summed E-state index contributed by atoms with van der Waals surface area (Å²) in [5, 5.41) is 0. The molecule has 0 N–H and O–H groups in total. The van der Waals surface area contributed by atoms with Crippen LogP contribution in [0.2, 0.25) is 0 Å². The van der Waals surface area contributed by atoms with E-state index in [1.54, 1.807) is 37.7 Å². The first-order chi connectivity index (χ1) is 16.8. The van der Waals surface area contributed by atoms with E-state index in [4.69, 9.17) is 9.47 Å². The van der Waals surface area contributed by atoms with Crippen molar-refractivity contribution in [1.82, 2.24) is 0 Å². The Morgan fingerprint density at radius 1 is 0.500 bits per heavy atom. The van der Waals surface area contributed by atoms with Crippen molar-refractivity contribution >= 4 is 33.3 Å². The fraction of sp³-hybridized carbons (Fsp3) is 0.0667. The maximum Gasteiger partial charge on any atom is 0.127 e. The first kappa shape index (κ1) is 23.8. The fourth-order valence-electron chi connectivity index (χ4n) is 3.44. The summed E-state index contributed by atoms with van der Waals surface area (Å²) in [7, 11) is 3.43. The van der Waals surface area contributed by atoms with E-state index in [1.165, 1.54) is 9.79 Å². The van der Waals surface area contributed by atoms with Gasteiger partial charge in [-0.15, -0.1) is 0 Å². The van der Waals surface area contributed by atoms with Crippen LogP contribution in [0.15, 0.2) is 131 Å². The lowest BCUT2D eigenvalue weighted by Gasteiger charge is -2.14. The summed E-state index contributed by atoms with van der Waals surface area (Å²) >= 11 is 3.44. The molecule has 4 heteroatoms. The molecule has 0 aliphatic carbocycles. The number of para-hydroxylation sites is 2. The topological polar surface area (TPSA) is 18.5 Å². The van der Waals surface area contributed by atoms with Crippen LogP contribution in [-0.4, -0.2) is 14.2 Å². The van der Waals surface area contributed by atoms with Gasteiger partial charge in [-0.2, -0.15) is 0 Å². The van der Waals surface area contributed by atoms with Gasteiger partial charge in [-0.1, -0.05) is 96.3 Å². The average molecular weight is 483 g/mol. The summed E-state index contributed by atoms with van der Waals surface area (Å²) in [6.45, 7) is 0. The lowest BCUT2D eigenvalue weighted by Crippen LogP contribution is -1.91. The van der Waals surface area contributed by atoms with Crippen LogP contribution in [0.3, 0.4) is 0 Å². The van der Waals surface area contributed by atoms with Gasteiger partial charge in [0.15, 0.2) is 0 Å². The molecule has 0 radical (unpaired) electrons. The van der Waals surface area contributed by atoms with Gasteiger partial charge in [0.2, 0.25) is 0 Å². The quantitative estimate of drug-likeness (QED) is 0.175. The maximum atomic E-state index is 5.69. The minimum absolute atomic E-state index is 0.847. The monoisotopic (exact) mass is 482 g/mol. The molecule has 0 heterocycles. The smallest absolute Gasteiger partial charge is 0.127 e. The molecule has 0 aliphatic rings. The Kier molecular flexibility index (Phi) is 8.55. The zero-order valence-corrected chi connectivity index (χ0v) is 20.8. The molecular formula is C30H26O2S2. The highest BCUT2D eigenvalue weighted by Crippen LogP contribution is 2.42. The number of rotatable bonds is 9. The number of hydrogen-bond acceptors (Lipinski definition) is 4. The number of methoxy groups -OCH3 is 2. The summed E-state index contributed by atoms with van der Waals surface area (Å²) in [6, 6.07) is 37.1. The Labute approximate surface area is 210 Å².